The lowest BCUT2D eigenvalue weighted by Crippen LogP contribution is -2.08. The van der Waals surface area contributed by atoms with Crippen LogP contribution < -0.4 is 0 Å². The second kappa shape index (κ2) is 5.21. The highest BCUT2D eigenvalue weighted by Crippen LogP contribution is 2.07. The molecule has 0 aromatic heterocycles. The van der Waals surface area contributed by atoms with Crippen molar-refractivity contribution >= 4 is 5.78 Å². The van der Waals surface area contributed by atoms with E-state index < -0.39 is 0 Å². The number of Topliss-reactive ketones (excluding diaryl/α,β-unsaturated/α-hetero) is 1. The summed E-state index contributed by atoms with van der Waals surface area (Å²) in [6.07, 6.45) is 4.30. The Hall–Kier alpha value is -0.590. The second-order valence-corrected chi connectivity index (χ2v) is 2.64. The van der Waals surface area contributed by atoms with Gasteiger partial charge in [0, 0.05) is 12.3 Å². The van der Waals surface area contributed by atoms with Gasteiger partial charge in [-0.2, -0.15) is 0 Å². The Morgan fingerprint density at radius 1 is 1.70 bits per heavy atom. The minimum atomic E-state index is 0.178. The first-order chi connectivity index (χ1) is 4.72. The molecule has 10 heavy (non-hydrogen) atoms. The molecule has 0 aliphatic heterocycles. The highest BCUT2D eigenvalue weighted by Gasteiger charge is 2.08. The van der Waals surface area contributed by atoms with E-state index in [4.69, 9.17) is 0 Å². The Bertz CT molecular complexity index is 116. The minimum absolute atomic E-state index is 0.178. The highest BCUT2D eigenvalue weighted by molar-refractivity contribution is 5.80. The number of ketones is 1. The van der Waals surface area contributed by atoms with E-state index in [-0.39, 0.29) is 5.92 Å². The number of hydrogen-bond donors (Lipinski definition) is 0. The second-order valence-electron chi connectivity index (χ2n) is 2.64. The van der Waals surface area contributed by atoms with Crippen LogP contribution in [0.3, 0.4) is 0 Å². The third kappa shape index (κ3) is 3.44. The van der Waals surface area contributed by atoms with Crippen molar-refractivity contribution in [2.75, 3.05) is 0 Å². The van der Waals surface area contributed by atoms with Gasteiger partial charge in [-0.25, -0.2) is 0 Å². The summed E-state index contributed by atoms with van der Waals surface area (Å²) in [5.41, 5.74) is 0. The van der Waals surface area contributed by atoms with E-state index in [0.29, 0.717) is 5.78 Å². The van der Waals surface area contributed by atoms with Crippen LogP contribution in [0.15, 0.2) is 12.7 Å². The summed E-state index contributed by atoms with van der Waals surface area (Å²) in [4.78, 5) is 11.1. The van der Waals surface area contributed by atoms with Crippen molar-refractivity contribution in [3.05, 3.63) is 12.7 Å². The van der Waals surface area contributed by atoms with Gasteiger partial charge in [0.25, 0.3) is 0 Å². The SMILES string of the molecule is C=CCC(C)C(=O)CCC. The van der Waals surface area contributed by atoms with Crippen LogP contribution >= 0.6 is 0 Å². The molecular formula is C9H16O. The molecule has 0 aromatic carbocycles. The van der Waals surface area contributed by atoms with Gasteiger partial charge in [-0.15, -0.1) is 6.58 Å². The Labute approximate surface area is 63.1 Å². The molecule has 0 aliphatic rings. The smallest absolute Gasteiger partial charge is 0.135 e. The number of rotatable bonds is 5. The molecule has 0 bridgehead atoms. The standard InChI is InChI=1S/C9H16O/c1-4-6-8(3)9(10)7-5-2/h4,8H,1,5-7H2,2-3H3. The Balaban J connectivity index is 3.58. The monoisotopic (exact) mass is 140 g/mol. The maximum Gasteiger partial charge on any atom is 0.135 e. The van der Waals surface area contributed by atoms with Crippen molar-refractivity contribution < 1.29 is 4.79 Å². The van der Waals surface area contributed by atoms with Gasteiger partial charge in [-0.3, -0.25) is 4.79 Å². The summed E-state index contributed by atoms with van der Waals surface area (Å²) in [5, 5.41) is 0. The van der Waals surface area contributed by atoms with Crippen molar-refractivity contribution in [1.29, 1.82) is 0 Å². The fourth-order valence-electron chi connectivity index (χ4n) is 0.874. The van der Waals surface area contributed by atoms with Crippen LogP contribution in [-0.2, 0) is 4.79 Å². The lowest BCUT2D eigenvalue weighted by molar-refractivity contribution is -0.122. The van der Waals surface area contributed by atoms with Gasteiger partial charge < -0.3 is 0 Å². The highest BCUT2D eigenvalue weighted by atomic mass is 16.1. The molecule has 1 atom stereocenters. The van der Waals surface area contributed by atoms with Crippen molar-refractivity contribution in [3.8, 4) is 0 Å². The molecule has 1 nitrogen and oxygen atoms in total. The summed E-state index contributed by atoms with van der Waals surface area (Å²) in [6, 6.07) is 0. The number of hydrogen-bond acceptors (Lipinski definition) is 1. The molecule has 0 aromatic rings. The number of allylic oxidation sites excluding steroid dienone is 1. The van der Waals surface area contributed by atoms with Crippen molar-refractivity contribution in [3.63, 3.8) is 0 Å². The van der Waals surface area contributed by atoms with E-state index in [2.05, 4.69) is 6.58 Å². The number of carbonyl (C=O) groups is 1. The van der Waals surface area contributed by atoms with Crippen LogP contribution in [0.25, 0.3) is 0 Å². The molecule has 0 fully saturated rings. The summed E-state index contributed by atoms with van der Waals surface area (Å²) in [5.74, 6) is 0.542. The Morgan fingerprint density at radius 2 is 2.30 bits per heavy atom. The molecule has 0 amide bonds. The predicted molar refractivity (Wildman–Crippen MR) is 43.9 cm³/mol. The zero-order chi connectivity index (χ0) is 7.98. The van der Waals surface area contributed by atoms with Gasteiger partial charge in [-0.1, -0.05) is 19.9 Å². The lowest BCUT2D eigenvalue weighted by atomic mass is 9.99. The topological polar surface area (TPSA) is 17.1 Å². The summed E-state index contributed by atoms with van der Waals surface area (Å²) in [7, 11) is 0. The molecule has 58 valence electrons. The van der Waals surface area contributed by atoms with Crippen LogP contribution in [0.4, 0.5) is 0 Å². The lowest BCUT2D eigenvalue weighted by Gasteiger charge is -2.04. The van der Waals surface area contributed by atoms with Crippen LogP contribution in [-0.4, -0.2) is 5.78 Å². The maximum absolute atomic E-state index is 11.1. The van der Waals surface area contributed by atoms with Gasteiger partial charge in [0.15, 0.2) is 0 Å². The molecule has 0 saturated carbocycles. The average molecular weight is 140 g/mol. The average Bonchev–Trinajstić information content (AvgIpc) is 1.89. The third-order valence-electron chi connectivity index (χ3n) is 1.57. The van der Waals surface area contributed by atoms with Crippen LogP contribution in [0, 0.1) is 5.92 Å². The number of carbonyl (C=O) groups excluding carboxylic acids is 1. The van der Waals surface area contributed by atoms with Gasteiger partial charge >= 0.3 is 0 Å². The van der Waals surface area contributed by atoms with E-state index in [0.717, 1.165) is 19.3 Å². The zero-order valence-electron chi connectivity index (χ0n) is 6.89. The summed E-state index contributed by atoms with van der Waals surface area (Å²) < 4.78 is 0. The van der Waals surface area contributed by atoms with E-state index in [1.54, 1.807) is 6.08 Å². The molecule has 1 heteroatoms. The van der Waals surface area contributed by atoms with Crippen molar-refractivity contribution in [2.24, 2.45) is 5.92 Å². The maximum atomic E-state index is 11.1. The summed E-state index contributed by atoms with van der Waals surface area (Å²) in [6.45, 7) is 7.58. The van der Waals surface area contributed by atoms with Crippen molar-refractivity contribution in [1.82, 2.24) is 0 Å². The first-order valence-corrected chi connectivity index (χ1v) is 3.86. The molecule has 0 N–H and O–H groups in total. The molecule has 0 aliphatic carbocycles. The van der Waals surface area contributed by atoms with Crippen LogP contribution in [0.5, 0.6) is 0 Å². The Kier molecular flexibility index (Phi) is 4.91. The molecule has 1 unspecified atom stereocenters. The largest absolute Gasteiger partial charge is 0.299 e. The molecule has 0 rings (SSSR count). The fourth-order valence-corrected chi connectivity index (χ4v) is 0.874. The molecule has 0 radical (unpaired) electrons. The van der Waals surface area contributed by atoms with E-state index >= 15 is 0 Å². The molecule has 0 spiro atoms. The molecule has 0 heterocycles. The summed E-state index contributed by atoms with van der Waals surface area (Å²) >= 11 is 0. The minimum Gasteiger partial charge on any atom is -0.299 e. The fraction of sp³-hybridized carbons (Fsp3) is 0.667. The first-order valence-electron chi connectivity index (χ1n) is 3.86. The van der Waals surface area contributed by atoms with Crippen molar-refractivity contribution in [2.45, 2.75) is 33.1 Å². The molecule has 0 saturated heterocycles. The van der Waals surface area contributed by atoms with Gasteiger partial charge in [0.05, 0.1) is 0 Å². The third-order valence-corrected chi connectivity index (χ3v) is 1.57. The molecular weight excluding hydrogens is 124 g/mol. The van der Waals surface area contributed by atoms with Crippen LogP contribution in [0.2, 0.25) is 0 Å². The van der Waals surface area contributed by atoms with Crippen LogP contribution in [0.1, 0.15) is 33.1 Å². The zero-order valence-corrected chi connectivity index (χ0v) is 6.89. The quantitative estimate of drug-likeness (QED) is 0.536. The normalized spacial score (nSPS) is 12.6. The van der Waals surface area contributed by atoms with Gasteiger partial charge in [-0.05, 0) is 12.8 Å². The Morgan fingerprint density at radius 3 is 2.70 bits per heavy atom. The van der Waals surface area contributed by atoms with E-state index in [9.17, 15) is 4.79 Å². The first kappa shape index (κ1) is 9.41. The predicted octanol–water partition coefficient (Wildman–Crippen LogP) is 2.57. The van der Waals surface area contributed by atoms with Gasteiger partial charge in [0.2, 0.25) is 0 Å². The van der Waals surface area contributed by atoms with Gasteiger partial charge in [0.1, 0.15) is 5.78 Å². The van der Waals surface area contributed by atoms with E-state index in [1.165, 1.54) is 0 Å². The van der Waals surface area contributed by atoms with E-state index in [1.807, 2.05) is 13.8 Å².